The summed E-state index contributed by atoms with van der Waals surface area (Å²) in [6.07, 6.45) is 0.576. The van der Waals surface area contributed by atoms with Crippen LogP contribution < -0.4 is 24.7 Å². The first-order valence-electron chi connectivity index (χ1n) is 7.92. The summed E-state index contributed by atoms with van der Waals surface area (Å²) in [4.78, 5) is 13.0. The lowest BCUT2D eigenvalue weighted by molar-refractivity contribution is -0.116. The van der Waals surface area contributed by atoms with Crippen molar-refractivity contribution in [2.75, 3.05) is 26.6 Å². The number of ether oxygens (including phenoxy) is 3. The number of amides is 1. The zero-order chi connectivity index (χ0) is 20.2. The number of sulfonamides is 1. The van der Waals surface area contributed by atoms with Gasteiger partial charge in [0, 0.05) is 11.3 Å². The highest BCUT2D eigenvalue weighted by Gasteiger charge is 2.18. The molecule has 0 bridgehead atoms. The second-order valence-electron chi connectivity index (χ2n) is 5.62. The SMILES string of the molecule is COc1ccc(CCC(=O)Nc2cc(S(N)(=O)=O)sc2C)c(OC)c1OC. The van der Waals surface area contributed by atoms with E-state index in [1.165, 1.54) is 27.4 Å². The predicted octanol–water partition coefficient (Wildman–Crippen LogP) is 2.30. The van der Waals surface area contributed by atoms with Gasteiger partial charge < -0.3 is 19.5 Å². The minimum atomic E-state index is -3.79. The number of nitrogens with two attached hydrogens (primary N) is 1. The van der Waals surface area contributed by atoms with Gasteiger partial charge in [-0.2, -0.15) is 0 Å². The van der Waals surface area contributed by atoms with Gasteiger partial charge in [0.2, 0.25) is 21.7 Å². The minimum absolute atomic E-state index is 0.0110. The average molecular weight is 415 g/mol. The number of hydrogen-bond acceptors (Lipinski definition) is 7. The van der Waals surface area contributed by atoms with Crippen LogP contribution in [0.25, 0.3) is 0 Å². The summed E-state index contributed by atoms with van der Waals surface area (Å²) in [5.41, 5.74) is 1.23. The van der Waals surface area contributed by atoms with Crippen LogP contribution in [0.5, 0.6) is 17.2 Å². The molecule has 0 saturated carbocycles. The van der Waals surface area contributed by atoms with Gasteiger partial charge in [-0.1, -0.05) is 6.07 Å². The summed E-state index contributed by atoms with van der Waals surface area (Å²) in [6, 6.07) is 4.92. The molecule has 0 spiro atoms. The summed E-state index contributed by atoms with van der Waals surface area (Å²) in [5, 5.41) is 7.84. The lowest BCUT2D eigenvalue weighted by Gasteiger charge is -2.15. The second kappa shape index (κ2) is 8.59. The number of rotatable bonds is 8. The molecule has 0 saturated heterocycles. The van der Waals surface area contributed by atoms with Crippen LogP contribution in [0.1, 0.15) is 16.9 Å². The number of aryl methyl sites for hydroxylation is 2. The normalized spacial score (nSPS) is 11.1. The van der Waals surface area contributed by atoms with Crippen molar-refractivity contribution in [3.63, 3.8) is 0 Å². The number of carbonyl (C=O) groups is 1. The van der Waals surface area contributed by atoms with E-state index >= 15 is 0 Å². The standard InChI is InChI=1S/C17H22N2O6S2/c1-10-12(9-15(26-10)27(18,21)22)19-14(20)8-6-11-5-7-13(23-2)17(25-4)16(11)24-3/h5,7,9H,6,8H2,1-4H3,(H,19,20)(H2,18,21,22). The third-order valence-corrected chi connectivity index (χ3v) is 6.33. The molecule has 0 aliphatic heterocycles. The second-order valence-corrected chi connectivity index (χ2v) is 8.67. The van der Waals surface area contributed by atoms with Crippen LogP contribution in [0.3, 0.4) is 0 Å². The molecule has 0 unspecified atom stereocenters. The molecule has 1 aromatic heterocycles. The van der Waals surface area contributed by atoms with Crippen molar-refractivity contribution in [2.45, 2.75) is 24.0 Å². The highest BCUT2D eigenvalue weighted by atomic mass is 32.2. The van der Waals surface area contributed by atoms with E-state index in [2.05, 4.69) is 5.32 Å². The van der Waals surface area contributed by atoms with Crippen molar-refractivity contribution in [1.82, 2.24) is 0 Å². The molecule has 8 nitrogen and oxygen atoms in total. The quantitative estimate of drug-likeness (QED) is 0.684. The van der Waals surface area contributed by atoms with E-state index in [0.29, 0.717) is 34.2 Å². The molecule has 10 heteroatoms. The maximum absolute atomic E-state index is 12.3. The van der Waals surface area contributed by atoms with Gasteiger partial charge in [0.1, 0.15) is 4.21 Å². The third-order valence-electron chi connectivity index (χ3n) is 3.86. The van der Waals surface area contributed by atoms with Crippen molar-refractivity contribution >= 4 is 33.0 Å². The zero-order valence-corrected chi connectivity index (χ0v) is 17.1. The Morgan fingerprint density at radius 3 is 2.33 bits per heavy atom. The van der Waals surface area contributed by atoms with Gasteiger partial charge in [-0.25, -0.2) is 13.6 Å². The molecule has 2 rings (SSSR count). The van der Waals surface area contributed by atoms with Gasteiger partial charge in [0.25, 0.3) is 0 Å². The molecule has 1 heterocycles. The molecule has 27 heavy (non-hydrogen) atoms. The van der Waals surface area contributed by atoms with Crippen LogP contribution in [0.15, 0.2) is 22.4 Å². The zero-order valence-electron chi connectivity index (χ0n) is 15.5. The topological polar surface area (TPSA) is 117 Å². The summed E-state index contributed by atoms with van der Waals surface area (Å²) in [5.74, 6) is 1.25. The van der Waals surface area contributed by atoms with Gasteiger partial charge in [0.15, 0.2) is 11.5 Å². The fourth-order valence-corrected chi connectivity index (χ4v) is 4.36. The number of thiophene rings is 1. The number of benzene rings is 1. The van der Waals surface area contributed by atoms with Crippen molar-refractivity contribution in [3.05, 3.63) is 28.6 Å². The molecular weight excluding hydrogens is 392 g/mol. The highest BCUT2D eigenvalue weighted by Crippen LogP contribution is 2.40. The van der Waals surface area contributed by atoms with Crippen molar-refractivity contribution in [3.8, 4) is 17.2 Å². The van der Waals surface area contributed by atoms with E-state index < -0.39 is 10.0 Å². The molecule has 0 aliphatic carbocycles. The van der Waals surface area contributed by atoms with E-state index in [4.69, 9.17) is 19.3 Å². The van der Waals surface area contributed by atoms with Crippen molar-refractivity contribution in [2.24, 2.45) is 5.14 Å². The Morgan fingerprint density at radius 2 is 1.81 bits per heavy atom. The Hall–Kier alpha value is -2.30. The molecule has 0 aliphatic rings. The molecule has 1 aromatic carbocycles. The highest BCUT2D eigenvalue weighted by molar-refractivity contribution is 7.91. The number of carbonyl (C=O) groups excluding carboxylic acids is 1. The van der Waals surface area contributed by atoms with Crippen LogP contribution in [0.2, 0.25) is 0 Å². The Balaban J connectivity index is 2.11. The summed E-state index contributed by atoms with van der Waals surface area (Å²) in [6.45, 7) is 1.71. The maximum Gasteiger partial charge on any atom is 0.247 e. The van der Waals surface area contributed by atoms with Crippen LogP contribution in [0.4, 0.5) is 5.69 Å². The lowest BCUT2D eigenvalue weighted by atomic mass is 10.1. The van der Waals surface area contributed by atoms with Crippen LogP contribution in [0, 0.1) is 6.92 Å². The first-order valence-corrected chi connectivity index (χ1v) is 10.3. The fourth-order valence-electron chi connectivity index (χ4n) is 2.54. The molecule has 0 radical (unpaired) electrons. The predicted molar refractivity (Wildman–Crippen MR) is 103 cm³/mol. The fraction of sp³-hybridized carbons (Fsp3) is 0.353. The lowest BCUT2D eigenvalue weighted by Crippen LogP contribution is -2.13. The third kappa shape index (κ3) is 4.90. The number of methoxy groups -OCH3 is 3. The molecular formula is C17H22N2O6S2. The van der Waals surface area contributed by atoms with Crippen LogP contribution in [-0.4, -0.2) is 35.7 Å². The van der Waals surface area contributed by atoms with E-state index in [9.17, 15) is 13.2 Å². The van der Waals surface area contributed by atoms with Gasteiger partial charge in [-0.05, 0) is 31.0 Å². The number of nitrogens with one attached hydrogen (secondary N) is 1. The Labute approximate surface area is 162 Å². The number of primary sulfonamides is 1. The van der Waals surface area contributed by atoms with E-state index in [1.807, 2.05) is 6.07 Å². The molecule has 1 amide bonds. The Kier molecular flexibility index (Phi) is 6.68. The van der Waals surface area contributed by atoms with Crippen molar-refractivity contribution < 1.29 is 27.4 Å². The largest absolute Gasteiger partial charge is 0.493 e. The first-order chi connectivity index (χ1) is 12.7. The Morgan fingerprint density at radius 1 is 1.15 bits per heavy atom. The molecule has 2 aromatic rings. The summed E-state index contributed by atoms with van der Waals surface area (Å²) >= 11 is 1.01. The molecule has 3 N–H and O–H groups in total. The van der Waals surface area contributed by atoms with Gasteiger partial charge in [0.05, 0.1) is 27.0 Å². The molecule has 0 fully saturated rings. The minimum Gasteiger partial charge on any atom is -0.493 e. The smallest absolute Gasteiger partial charge is 0.247 e. The van der Waals surface area contributed by atoms with Crippen molar-refractivity contribution in [1.29, 1.82) is 0 Å². The van der Waals surface area contributed by atoms with E-state index in [-0.39, 0.29) is 16.5 Å². The van der Waals surface area contributed by atoms with Gasteiger partial charge in [-0.15, -0.1) is 11.3 Å². The van der Waals surface area contributed by atoms with E-state index in [0.717, 1.165) is 16.9 Å². The molecule has 0 atom stereocenters. The van der Waals surface area contributed by atoms with Gasteiger partial charge in [-0.3, -0.25) is 4.79 Å². The molecule has 148 valence electrons. The number of anilines is 1. The Bertz CT molecular complexity index is 937. The number of hydrogen-bond donors (Lipinski definition) is 2. The average Bonchev–Trinajstić information content (AvgIpc) is 2.99. The maximum atomic E-state index is 12.3. The summed E-state index contributed by atoms with van der Waals surface area (Å²) in [7, 11) is 0.769. The first kappa shape index (κ1) is 21.0. The summed E-state index contributed by atoms with van der Waals surface area (Å²) < 4.78 is 38.8. The van der Waals surface area contributed by atoms with E-state index in [1.54, 1.807) is 13.0 Å². The monoisotopic (exact) mass is 414 g/mol. The van der Waals surface area contributed by atoms with Gasteiger partial charge >= 0.3 is 0 Å². The van der Waals surface area contributed by atoms with Crippen LogP contribution >= 0.6 is 11.3 Å². The van der Waals surface area contributed by atoms with Crippen LogP contribution in [-0.2, 0) is 21.2 Å².